The first-order valence-electron chi connectivity index (χ1n) is 4.90. The van der Waals surface area contributed by atoms with Crippen LogP contribution in [0.1, 0.15) is 31.6 Å². The van der Waals surface area contributed by atoms with Crippen molar-refractivity contribution in [2.75, 3.05) is 6.61 Å². The molecule has 0 aliphatic heterocycles. The van der Waals surface area contributed by atoms with E-state index < -0.39 is 12.1 Å². The highest BCUT2D eigenvalue weighted by molar-refractivity contribution is 6.31. The van der Waals surface area contributed by atoms with Gasteiger partial charge in [0.25, 0.3) is 0 Å². The Morgan fingerprint density at radius 3 is 2.87 bits per heavy atom. The van der Waals surface area contributed by atoms with E-state index in [0.717, 1.165) is 12.8 Å². The second-order valence-corrected chi connectivity index (χ2v) is 3.62. The molecule has 2 nitrogen and oxygen atoms in total. The van der Waals surface area contributed by atoms with Crippen LogP contribution in [0, 0.1) is 5.82 Å². The minimum atomic E-state index is -1.29. The van der Waals surface area contributed by atoms with Gasteiger partial charge in [-0.1, -0.05) is 31.0 Å². The number of rotatable bonds is 5. The molecule has 0 heterocycles. The lowest BCUT2D eigenvalue weighted by atomic mass is 10.2. The second-order valence-electron chi connectivity index (χ2n) is 3.21. The van der Waals surface area contributed by atoms with E-state index >= 15 is 0 Å². The Hall–Kier alpha value is -0.640. The third-order valence-corrected chi connectivity index (χ3v) is 2.35. The molecule has 0 spiro atoms. The average molecular weight is 233 g/mol. The van der Waals surface area contributed by atoms with E-state index in [4.69, 9.17) is 16.3 Å². The maximum atomic E-state index is 13.3. The minimum Gasteiger partial charge on any atom is -0.364 e. The van der Waals surface area contributed by atoms with Crippen molar-refractivity contribution in [2.45, 2.75) is 26.1 Å². The normalized spacial score (nSPS) is 12.8. The fourth-order valence-electron chi connectivity index (χ4n) is 1.17. The van der Waals surface area contributed by atoms with Crippen LogP contribution in [0.5, 0.6) is 0 Å². The van der Waals surface area contributed by atoms with Crippen LogP contribution in [0.2, 0.25) is 5.02 Å². The Balaban J connectivity index is 2.68. The van der Waals surface area contributed by atoms with Gasteiger partial charge in [-0.3, -0.25) is 0 Å². The maximum Gasteiger partial charge on any atom is 0.185 e. The Kier molecular flexibility index (Phi) is 5.02. The zero-order chi connectivity index (χ0) is 11.3. The maximum absolute atomic E-state index is 13.3. The summed E-state index contributed by atoms with van der Waals surface area (Å²) >= 11 is 5.76. The number of aliphatic hydroxyl groups excluding tert-OH is 1. The highest BCUT2D eigenvalue weighted by atomic mass is 35.5. The SMILES string of the molecule is CCCCOC(O)c1c(F)cccc1Cl. The molecule has 15 heavy (non-hydrogen) atoms. The minimum absolute atomic E-state index is 0.00951. The molecule has 0 bridgehead atoms. The molecule has 1 aromatic rings. The molecule has 0 fully saturated rings. The van der Waals surface area contributed by atoms with Crippen molar-refractivity contribution < 1.29 is 14.2 Å². The van der Waals surface area contributed by atoms with Crippen LogP contribution < -0.4 is 0 Å². The lowest BCUT2D eigenvalue weighted by Crippen LogP contribution is -2.07. The molecule has 0 aliphatic rings. The number of aliphatic hydroxyl groups is 1. The van der Waals surface area contributed by atoms with Crippen LogP contribution in [-0.4, -0.2) is 11.7 Å². The quantitative estimate of drug-likeness (QED) is 0.624. The monoisotopic (exact) mass is 232 g/mol. The second kappa shape index (κ2) is 6.05. The Bertz CT molecular complexity index is 297. The molecule has 0 saturated heterocycles. The highest BCUT2D eigenvalue weighted by Gasteiger charge is 2.16. The Morgan fingerprint density at radius 2 is 2.27 bits per heavy atom. The van der Waals surface area contributed by atoms with E-state index in [9.17, 15) is 9.50 Å². The van der Waals surface area contributed by atoms with Gasteiger partial charge < -0.3 is 9.84 Å². The number of hydrogen-bond donors (Lipinski definition) is 1. The molecule has 0 aromatic heterocycles. The van der Waals surface area contributed by atoms with Crippen molar-refractivity contribution in [1.82, 2.24) is 0 Å². The molecular weight excluding hydrogens is 219 g/mol. The van der Waals surface area contributed by atoms with Crippen molar-refractivity contribution in [1.29, 1.82) is 0 Å². The summed E-state index contributed by atoms with van der Waals surface area (Å²) in [6, 6.07) is 4.25. The number of halogens is 2. The molecule has 0 aliphatic carbocycles. The summed E-state index contributed by atoms with van der Waals surface area (Å²) < 4.78 is 18.3. The van der Waals surface area contributed by atoms with Gasteiger partial charge in [-0.05, 0) is 18.6 Å². The number of benzene rings is 1. The topological polar surface area (TPSA) is 29.5 Å². The summed E-state index contributed by atoms with van der Waals surface area (Å²) in [6.07, 6.45) is 0.492. The van der Waals surface area contributed by atoms with Crippen molar-refractivity contribution in [3.05, 3.63) is 34.6 Å². The predicted octanol–water partition coefficient (Wildman–Crippen LogP) is 3.29. The molecule has 0 amide bonds. The van der Waals surface area contributed by atoms with Gasteiger partial charge in [0.15, 0.2) is 6.29 Å². The van der Waals surface area contributed by atoms with Crippen LogP contribution in [0.25, 0.3) is 0 Å². The largest absolute Gasteiger partial charge is 0.364 e. The molecule has 1 atom stereocenters. The molecule has 84 valence electrons. The van der Waals surface area contributed by atoms with E-state index in [-0.39, 0.29) is 10.6 Å². The lowest BCUT2D eigenvalue weighted by molar-refractivity contribution is -0.105. The van der Waals surface area contributed by atoms with E-state index in [1.165, 1.54) is 18.2 Å². The van der Waals surface area contributed by atoms with Crippen LogP contribution in [-0.2, 0) is 4.74 Å². The summed E-state index contributed by atoms with van der Waals surface area (Å²) in [7, 11) is 0. The molecular formula is C11H14ClFO2. The first kappa shape index (κ1) is 12.4. The van der Waals surface area contributed by atoms with Gasteiger partial charge >= 0.3 is 0 Å². The summed E-state index contributed by atoms with van der Waals surface area (Å²) in [5.74, 6) is -0.550. The summed E-state index contributed by atoms with van der Waals surface area (Å²) in [6.45, 7) is 2.40. The smallest absolute Gasteiger partial charge is 0.185 e. The fourth-order valence-corrected chi connectivity index (χ4v) is 1.43. The van der Waals surface area contributed by atoms with E-state index in [2.05, 4.69) is 0 Å². The van der Waals surface area contributed by atoms with Crippen molar-refractivity contribution in [3.63, 3.8) is 0 Å². The molecule has 1 unspecified atom stereocenters. The molecule has 1 rings (SSSR count). The standard InChI is InChI=1S/C11H14ClFO2/c1-2-3-7-15-11(14)10-8(12)5-4-6-9(10)13/h4-6,11,14H,2-3,7H2,1H3. The van der Waals surface area contributed by atoms with Crippen LogP contribution >= 0.6 is 11.6 Å². The van der Waals surface area contributed by atoms with E-state index in [0.29, 0.717) is 6.61 Å². The van der Waals surface area contributed by atoms with Gasteiger partial charge in [0.1, 0.15) is 5.82 Å². The average Bonchev–Trinajstić information content (AvgIpc) is 2.18. The zero-order valence-electron chi connectivity index (χ0n) is 8.54. The third kappa shape index (κ3) is 3.45. The number of hydrogen-bond acceptors (Lipinski definition) is 2. The first-order chi connectivity index (χ1) is 7.16. The Morgan fingerprint density at radius 1 is 1.53 bits per heavy atom. The van der Waals surface area contributed by atoms with E-state index in [1.54, 1.807) is 0 Å². The summed E-state index contributed by atoms with van der Waals surface area (Å²) in [5.41, 5.74) is 0.00951. The third-order valence-electron chi connectivity index (χ3n) is 2.02. The van der Waals surface area contributed by atoms with Crippen molar-refractivity contribution in [3.8, 4) is 0 Å². The molecule has 0 radical (unpaired) electrons. The number of ether oxygens (including phenoxy) is 1. The summed E-state index contributed by atoms with van der Waals surface area (Å²) in [4.78, 5) is 0. The van der Waals surface area contributed by atoms with Crippen molar-refractivity contribution in [2.24, 2.45) is 0 Å². The van der Waals surface area contributed by atoms with Gasteiger partial charge in [-0.2, -0.15) is 0 Å². The molecule has 0 saturated carbocycles. The van der Waals surface area contributed by atoms with Crippen LogP contribution in [0.4, 0.5) is 4.39 Å². The van der Waals surface area contributed by atoms with Crippen molar-refractivity contribution >= 4 is 11.6 Å². The van der Waals surface area contributed by atoms with Gasteiger partial charge in [0.05, 0.1) is 17.2 Å². The summed E-state index contributed by atoms with van der Waals surface area (Å²) in [5, 5.41) is 9.74. The van der Waals surface area contributed by atoms with Gasteiger partial charge in [-0.25, -0.2) is 4.39 Å². The number of unbranched alkanes of at least 4 members (excludes halogenated alkanes) is 1. The van der Waals surface area contributed by atoms with Gasteiger partial charge in [-0.15, -0.1) is 0 Å². The highest BCUT2D eigenvalue weighted by Crippen LogP contribution is 2.26. The van der Waals surface area contributed by atoms with Crippen LogP contribution in [0.3, 0.4) is 0 Å². The molecule has 1 aromatic carbocycles. The molecule has 1 N–H and O–H groups in total. The lowest BCUT2D eigenvalue weighted by Gasteiger charge is -2.14. The Labute approximate surface area is 93.6 Å². The van der Waals surface area contributed by atoms with Crippen LogP contribution in [0.15, 0.2) is 18.2 Å². The van der Waals surface area contributed by atoms with E-state index in [1.807, 2.05) is 6.92 Å². The van der Waals surface area contributed by atoms with Gasteiger partial charge in [0.2, 0.25) is 0 Å². The predicted molar refractivity (Wildman–Crippen MR) is 57.2 cm³/mol. The van der Waals surface area contributed by atoms with Gasteiger partial charge in [0, 0.05) is 0 Å². The first-order valence-corrected chi connectivity index (χ1v) is 5.28. The zero-order valence-corrected chi connectivity index (χ0v) is 9.30. The fraction of sp³-hybridized carbons (Fsp3) is 0.455. The molecule has 4 heteroatoms.